The molecule has 1 aliphatic carbocycles. The van der Waals surface area contributed by atoms with Crippen LogP contribution in [-0.4, -0.2) is 11.0 Å². The second kappa shape index (κ2) is 5.89. The second-order valence-electron chi connectivity index (χ2n) is 4.23. The number of phenols is 1. The fraction of sp³-hybridized carbons (Fsp3) is 0.417. The summed E-state index contributed by atoms with van der Waals surface area (Å²) < 4.78 is 0. The molecule has 4 nitrogen and oxygen atoms in total. The molecule has 17 heavy (non-hydrogen) atoms. The number of nitrogens with two attached hydrogens (primary N) is 1. The third kappa shape index (κ3) is 2.90. The fourth-order valence-electron chi connectivity index (χ4n) is 2.33. The van der Waals surface area contributed by atoms with E-state index in [1.807, 2.05) is 11.5 Å². The Kier molecular flexibility index (Phi) is 4.78. The first-order valence-corrected chi connectivity index (χ1v) is 5.56. The molecular weight excluding hydrogens is 240 g/mol. The molecule has 1 aliphatic rings. The number of halogens is 1. The minimum absolute atomic E-state index is 0. The van der Waals surface area contributed by atoms with Gasteiger partial charge in [0.05, 0.1) is 5.56 Å². The lowest BCUT2D eigenvalue weighted by atomic mass is 9.95. The first-order valence-electron chi connectivity index (χ1n) is 5.56. The predicted molar refractivity (Wildman–Crippen MR) is 68.2 cm³/mol. The molecule has 1 aromatic carbocycles. The van der Waals surface area contributed by atoms with Crippen LogP contribution in [0, 0.1) is 0 Å². The number of hydrazine groups is 1. The lowest BCUT2D eigenvalue weighted by Gasteiger charge is -2.11. The highest BCUT2D eigenvalue weighted by atomic mass is 35.5. The largest absolute Gasteiger partial charge is 0.507 e. The van der Waals surface area contributed by atoms with Crippen molar-refractivity contribution in [1.29, 1.82) is 0 Å². The zero-order valence-corrected chi connectivity index (χ0v) is 10.3. The van der Waals surface area contributed by atoms with Crippen LogP contribution in [0.2, 0.25) is 0 Å². The highest BCUT2D eigenvalue weighted by molar-refractivity contribution is 5.96. The number of rotatable bonds is 2. The molecular formula is C12H17ClN2O2. The maximum atomic E-state index is 11.4. The van der Waals surface area contributed by atoms with Crippen LogP contribution >= 0.6 is 12.4 Å². The first-order chi connectivity index (χ1) is 7.72. The molecule has 0 spiro atoms. The van der Waals surface area contributed by atoms with Crippen LogP contribution in [0.1, 0.15) is 47.5 Å². The van der Waals surface area contributed by atoms with Gasteiger partial charge in [0.25, 0.3) is 5.91 Å². The lowest BCUT2D eigenvalue weighted by Crippen LogP contribution is -2.30. The van der Waals surface area contributed by atoms with E-state index in [2.05, 4.69) is 0 Å². The molecule has 0 aliphatic heterocycles. The molecule has 1 amide bonds. The number of carbonyl (C=O) groups excluding carboxylic acids is 1. The molecule has 94 valence electrons. The summed E-state index contributed by atoms with van der Waals surface area (Å²) in [5.74, 6) is 5.11. The Morgan fingerprint density at radius 2 is 2.00 bits per heavy atom. The van der Waals surface area contributed by atoms with E-state index in [0.717, 1.165) is 18.4 Å². The molecule has 1 aromatic rings. The lowest BCUT2D eigenvalue weighted by molar-refractivity contribution is 0.0951. The maximum Gasteiger partial charge on any atom is 0.268 e. The molecule has 1 saturated carbocycles. The minimum atomic E-state index is -0.447. The number of aromatic hydroxyl groups is 1. The van der Waals surface area contributed by atoms with Crippen molar-refractivity contribution in [2.45, 2.75) is 31.6 Å². The maximum absolute atomic E-state index is 11.4. The van der Waals surface area contributed by atoms with Crippen LogP contribution in [-0.2, 0) is 0 Å². The molecule has 0 atom stereocenters. The summed E-state index contributed by atoms with van der Waals surface area (Å²) in [6, 6.07) is 5.20. The molecule has 0 aromatic heterocycles. The number of benzene rings is 1. The monoisotopic (exact) mass is 256 g/mol. The van der Waals surface area contributed by atoms with Gasteiger partial charge in [-0.3, -0.25) is 10.2 Å². The summed E-state index contributed by atoms with van der Waals surface area (Å²) in [6.07, 6.45) is 4.80. The van der Waals surface area contributed by atoms with Gasteiger partial charge in [0.2, 0.25) is 0 Å². The Morgan fingerprint density at radius 1 is 1.35 bits per heavy atom. The van der Waals surface area contributed by atoms with Crippen LogP contribution in [0.5, 0.6) is 5.75 Å². The van der Waals surface area contributed by atoms with Crippen molar-refractivity contribution in [3.63, 3.8) is 0 Å². The van der Waals surface area contributed by atoms with Gasteiger partial charge < -0.3 is 5.11 Å². The van der Waals surface area contributed by atoms with Crippen LogP contribution in [0.4, 0.5) is 0 Å². The number of phenolic OH excluding ortho intramolecular Hbond substituents is 1. The quantitative estimate of drug-likeness (QED) is 0.431. The predicted octanol–water partition coefficient (Wildman–Crippen LogP) is 2.08. The Hall–Kier alpha value is -1.26. The van der Waals surface area contributed by atoms with E-state index in [4.69, 9.17) is 5.84 Å². The number of amides is 1. The topological polar surface area (TPSA) is 75.3 Å². The van der Waals surface area contributed by atoms with Crippen molar-refractivity contribution >= 4 is 18.3 Å². The summed E-state index contributed by atoms with van der Waals surface area (Å²) in [5, 5.41) is 9.56. The summed E-state index contributed by atoms with van der Waals surface area (Å²) in [6.45, 7) is 0. The first kappa shape index (κ1) is 13.8. The zero-order chi connectivity index (χ0) is 11.5. The van der Waals surface area contributed by atoms with Gasteiger partial charge in [0, 0.05) is 0 Å². The van der Waals surface area contributed by atoms with Crippen LogP contribution < -0.4 is 11.3 Å². The number of nitrogen functional groups attached to an aromatic ring is 1. The summed E-state index contributed by atoms with van der Waals surface area (Å²) in [7, 11) is 0. The molecule has 0 radical (unpaired) electrons. The van der Waals surface area contributed by atoms with E-state index in [1.165, 1.54) is 12.8 Å². The van der Waals surface area contributed by atoms with Gasteiger partial charge in [-0.2, -0.15) is 0 Å². The Labute approximate surface area is 107 Å². The van der Waals surface area contributed by atoms with Crippen LogP contribution in [0.25, 0.3) is 0 Å². The van der Waals surface area contributed by atoms with Gasteiger partial charge in [0.15, 0.2) is 0 Å². The van der Waals surface area contributed by atoms with E-state index in [9.17, 15) is 9.90 Å². The standard InChI is InChI=1S/C12H16N2O2.ClH/c13-14-12(16)10-7-9(5-6-11(10)15)8-3-1-2-4-8;/h5-8,15H,1-4,13H2,(H,14,16);1H. The van der Waals surface area contributed by atoms with Gasteiger partial charge in [-0.15, -0.1) is 12.4 Å². The third-order valence-electron chi connectivity index (χ3n) is 3.22. The van der Waals surface area contributed by atoms with Crippen LogP contribution in [0.3, 0.4) is 0 Å². The van der Waals surface area contributed by atoms with E-state index in [1.54, 1.807) is 12.1 Å². The molecule has 0 bridgehead atoms. The normalized spacial score (nSPS) is 15.4. The van der Waals surface area contributed by atoms with Crippen molar-refractivity contribution in [2.75, 3.05) is 0 Å². The Bertz CT molecular complexity index is 403. The van der Waals surface area contributed by atoms with E-state index < -0.39 is 5.91 Å². The molecule has 2 rings (SSSR count). The molecule has 0 unspecified atom stereocenters. The number of hydrogen-bond acceptors (Lipinski definition) is 3. The van der Waals surface area contributed by atoms with Crippen molar-refractivity contribution in [3.8, 4) is 5.75 Å². The fourth-order valence-corrected chi connectivity index (χ4v) is 2.33. The van der Waals surface area contributed by atoms with Gasteiger partial charge in [-0.1, -0.05) is 18.9 Å². The third-order valence-corrected chi connectivity index (χ3v) is 3.22. The molecule has 5 heteroatoms. The smallest absolute Gasteiger partial charge is 0.268 e. The molecule has 0 heterocycles. The number of carbonyl (C=O) groups is 1. The van der Waals surface area contributed by atoms with Crippen LogP contribution in [0.15, 0.2) is 18.2 Å². The Balaban J connectivity index is 0.00000144. The minimum Gasteiger partial charge on any atom is -0.507 e. The highest BCUT2D eigenvalue weighted by Gasteiger charge is 2.19. The summed E-state index contributed by atoms with van der Waals surface area (Å²) in [5.41, 5.74) is 3.42. The average molecular weight is 257 g/mol. The highest BCUT2D eigenvalue weighted by Crippen LogP contribution is 2.35. The van der Waals surface area contributed by atoms with Gasteiger partial charge in [0.1, 0.15) is 5.75 Å². The van der Waals surface area contributed by atoms with E-state index >= 15 is 0 Å². The molecule has 0 saturated heterocycles. The summed E-state index contributed by atoms with van der Waals surface area (Å²) in [4.78, 5) is 11.4. The van der Waals surface area contributed by atoms with Crippen molar-refractivity contribution < 1.29 is 9.90 Å². The van der Waals surface area contributed by atoms with E-state index in [0.29, 0.717) is 5.92 Å². The van der Waals surface area contributed by atoms with Gasteiger partial charge >= 0.3 is 0 Å². The molecule has 1 fully saturated rings. The molecule has 4 N–H and O–H groups in total. The van der Waals surface area contributed by atoms with Gasteiger partial charge in [-0.05, 0) is 36.5 Å². The van der Waals surface area contributed by atoms with Crippen molar-refractivity contribution in [1.82, 2.24) is 5.43 Å². The van der Waals surface area contributed by atoms with Gasteiger partial charge in [-0.25, -0.2) is 5.84 Å². The number of hydrogen-bond donors (Lipinski definition) is 3. The van der Waals surface area contributed by atoms with Crippen molar-refractivity contribution in [3.05, 3.63) is 29.3 Å². The second-order valence-corrected chi connectivity index (χ2v) is 4.23. The van der Waals surface area contributed by atoms with E-state index in [-0.39, 0.29) is 23.7 Å². The summed E-state index contributed by atoms with van der Waals surface area (Å²) >= 11 is 0. The van der Waals surface area contributed by atoms with Crippen molar-refractivity contribution in [2.24, 2.45) is 5.84 Å². The number of nitrogens with one attached hydrogen (secondary N) is 1. The SMILES string of the molecule is Cl.NNC(=O)c1cc(C2CCCC2)ccc1O. The Morgan fingerprint density at radius 3 is 2.59 bits per heavy atom. The average Bonchev–Trinajstić information content (AvgIpc) is 2.82. The zero-order valence-electron chi connectivity index (χ0n) is 9.48.